The number of nitrogens with zero attached hydrogens (tertiary/aromatic N) is 5. The molecule has 0 bridgehead atoms. The molecule has 0 aromatic carbocycles. The van der Waals surface area contributed by atoms with E-state index in [1.54, 1.807) is 4.68 Å². The number of carbonyl (C=O) groups is 1. The molecule has 2 rings (SSSR count). The van der Waals surface area contributed by atoms with Crippen molar-refractivity contribution in [1.82, 2.24) is 35.7 Å². The van der Waals surface area contributed by atoms with Crippen LogP contribution in [-0.2, 0) is 6.54 Å². The molecule has 8 heteroatoms. The zero-order valence-corrected chi connectivity index (χ0v) is 8.71. The predicted molar refractivity (Wildman–Crippen MR) is 53.5 cm³/mol. The molecule has 0 saturated heterocycles. The van der Waals surface area contributed by atoms with Gasteiger partial charge in [0, 0.05) is 12.7 Å². The minimum absolute atomic E-state index is 0.259. The van der Waals surface area contributed by atoms with Crippen LogP contribution in [0, 0.1) is 6.92 Å². The lowest BCUT2D eigenvalue weighted by atomic mass is 10.4. The number of nitrogens with one attached hydrogen (secondary N) is 2. The van der Waals surface area contributed by atoms with Crippen LogP contribution in [0.1, 0.15) is 16.2 Å². The first kappa shape index (κ1) is 10.3. The number of hydrogen-bond acceptors (Lipinski definition) is 5. The first-order valence-electron chi connectivity index (χ1n) is 4.76. The summed E-state index contributed by atoms with van der Waals surface area (Å²) in [6.45, 7) is 2.90. The number of hydrogen-bond donors (Lipinski definition) is 2. The van der Waals surface area contributed by atoms with Crippen LogP contribution in [0.5, 0.6) is 0 Å². The highest BCUT2D eigenvalue weighted by Crippen LogP contribution is 1.90. The molecule has 0 saturated carbocycles. The molecule has 0 aliphatic carbocycles. The Kier molecular flexibility index (Phi) is 2.90. The average Bonchev–Trinajstić information content (AvgIpc) is 2.89. The van der Waals surface area contributed by atoms with Gasteiger partial charge in [0.2, 0.25) is 0 Å². The van der Waals surface area contributed by atoms with E-state index in [-0.39, 0.29) is 11.6 Å². The number of aromatic amines is 1. The number of carbonyl (C=O) groups excluding carboxylic acids is 1. The van der Waals surface area contributed by atoms with Gasteiger partial charge in [-0.25, -0.2) is 0 Å². The van der Waals surface area contributed by atoms with Crippen molar-refractivity contribution in [3.63, 3.8) is 0 Å². The number of aromatic nitrogens is 6. The van der Waals surface area contributed by atoms with Crippen LogP contribution in [0.15, 0.2) is 12.4 Å². The molecule has 2 N–H and O–H groups in total. The van der Waals surface area contributed by atoms with Crippen molar-refractivity contribution in [1.29, 1.82) is 0 Å². The quantitative estimate of drug-likeness (QED) is 0.699. The van der Waals surface area contributed by atoms with E-state index >= 15 is 0 Å². The zero-order chi connectivity index (χ0) is 11.4. The number of aryl methyl sites for hydroxylation is 1. The van der Waals surface area contributed by atoms with E-state index in [1.807, 2.05) is 13.1 Å². The summed E-state index contributed by atoms with van der Waals surface area (Å²) in [7, 11) is 0. The second-order valence-electron chi connectivity index (χ2n) is 3.23. The van der Waals surface area contributed by atoms with Crippen LogP contribution < -0.4 is 5.32 Å². The normalized spacial score (nSPS) is 10.3. The van der Waals surface area contributed by atoms with Gasteiger partial charge in [-0.05, 0) is 6.92 Å². The Morgan fingerprint density at radius 2 is 2.50 bits per heavy atom. The summed E-state index contributed by atoms with van der Waals surface area (Å²) in [5, 5.41) is 20.0. The molecule has 0 unspecified atom stereocenters. The maximum absolute atomic E-state index is 11.4. The molecule has 0 spiro atoms. The molecule has 1 amide bonds. The van der Waals surface area contributed by atoms with Gasteiger partial charge in [0.1, 0.15) is 0 Å². The van der Waals surface area contributed by atoms with Crippen molar-refractivity contribution in [2.45, 2.75) is 13.5 Å². The van der Waals surface area contributed by atoms with E-state index in [0.717, 1.165) is 5.69 Å². The van der Waals surface area contributed by atoms with Gasteiger partial charge in [-0.15, -0.1) is 5.10 Å². The van der Waals surface area contributed by atoms with Crippen molar-refractivity contribution in [3.8, 4) is 0 Å². The van der Waals surface area contributed by atoms with Crippen molar-refractivity contribution < 1.29 is 4.79 Å². The van der Waals surface area contributed by atoms with Gasteiger partial charge in [-0.1, -0.05) is 5.21 Å². The predicted octanol–water partition coefficient (Wildman–Crippen LogP) is -0.865. The van der Waals surface area contributed by atoms with E-state index in [2.05, 4.69) is 31.0 Å². The fourth-order valence-corrected chi connectivity index (χ4v) is 1.19. The third-order valence-electron chi connectivity index (χ3n) is 1.93. The van der Waals surface area contributed by atoms with E-state index in [0.29, 0.717) is 13.1 Å². The lowest BCUT2D eigenvalue weighted by molar-refractivity contribution is 0.0947. The monoisotopic (exact) mass is 221 g/mol. The maximum Gasteiger partial charge on any atom is 0.273 e. The van der Waals surface area contributed by atoms with E-state index < -0.39 is 0 Å². The third-order valence-corrected chi connectivity index (χ3v) is 1.93. The van der Waals surface area contributed by atoms with E-state index in [1.165, 1.54) is 6.20 Å². The van der Waals surface area contributed by atoms with Gasteiger partial charge in [-0.3, -0.25) is 9.48 Å². The van der Waals surface area contributed by atoms with Crippen LogP contribution >= 0.6 is 0 Å². The van der Waals surface area contributed by atoms with Gasteiger partial charge in [0.15, 0.2) is 5.69 Å². The molecular weight excluding hydrogens is 210 g/mol. The Labute approximate surface area is 91.0 Å². The van der Waals surface area contributed by atoms with Gasteiger partial charge >= 0.3 is 0 Å². The molecule has 0 aliphatic heterocycles. The summed E-state index contributed by atoms with van der Waals surface area (Å²) in [6, 6.07) is 0. The number of amides is 1. The smallest absolute Gasteiger partial charge is 0.273 e. The third kappa shape index (κ3) is 2.41. The minimum atomic E-state index is -0.259. The molecular formula is C8H11N7O. The molecule has 0 aliphatic rings. The second kappa shape index (κ2) is 4.51. The second-order valence-corrected chi connectivity index (χ2v) is 3.23. The Morgan fingerprint density at radius 3 is 3.12 bits per heavy atom. The standard InChI is InChI=1S/C8H11N7O/c1-6-5-15(14-11-6)3-2-9-8(16)7-4-10-13-12-7/h4-5H,2-3H2,1H3,(H,9,16)(H,10,12,13). The van der Waals surface area contributed by atoms with Gasteiger partial charge < -0.3 is 5.32 Å². The maximum atomic E-state index is 11.4. The van der Waals surface area contributed by atoms with Crippen molar-refractivity contribution in [3.05, 3.63) is 23.8 Å². The topological polar surface area (TPSA) is 101 Å². The fraction of sp³-hybridized carbons (Fsp3) is 0.375. The van der Waals surface area contributed by atoms with E-state index in [4.69, 9.17) is 0 Å². The molecule has 0 atom stereocenters. The first-order chi connectivity index (χ1) is 7.75. The van der Waals surface area contributed by atoms with Crippen molar-refractivity contribution >= 4 is 5.91 Å². The lowest BCUT2D eigenvalue weighted by Gasteiger charge is -2.01. The summed E-state index contributed by atoms with van der Waals surface area (Å²) in [4.78, 5) is 11.4. The summed E-state index contributed by atoms with van der Waals surface area (Å²) in [5.41, 5.74) is 1.12. The molecule has 0 fully saturated rings. The van der Waals surface area contributed by atoms with Crippen molar-refractivity contribution in [2.24, 2.45) is 0 Å². The van der Waals surface area contributed by atoms with Crippen LogP contribution in [0.3, 0.4) is 0 Å². The molecule has 2 heterocycles. The highest BCUT2D eigenvalue weighted by Gasteiger charge is 2.07. The largest absolute Gasteiger partial charge is 0.349 e. The lowest BCUT2D eigenvalue weighted by Crippen LogP contribution is -2.27. The number of H-pyrrole nitrogens is 1. The average molecular weight is 221 g/mol. The summed E-state index contributed by atoms with van der Waals surface area (Å²) < 4.78 is 1.67. The molecule has 0 radical (unpaired) electrons. The van der Waals surface area contributed by atoms with Gasteiger partial charge in [0.25, 0.3) is 5.91 Å². The van der Waals surface area contributed by atoms with Crippen LogP contribution in [-0.4, -0.2) is 42.9 Å². The number of rotatable bonds is 4. The first-order valence-corrected chi connectivity index (χ1v) is 4.76. The summed E-state index contributed by atoms with van der Waals surface area (Å²) in [6.07, 6.45) is 3.18. The SMILES string of the molecule is Cc1cn(CCNC(=O)c2cn[nH]n2)nn1. The molecule has 2 aromatic heterocycles. The zero-order valence-electron chi connectivity index (χ0n) is 8.71. The molecule has 8 nitrogen and oxygen atoms in total. The van der Waals surface area contributed by atoms with Crippen LogP contribution in [0.25, 0.3) is 0 Å². The Balaban J connectivity index is 1.78. The molecule has 84 valence electrons. The van der Waals surface area contributed by atoms with Crippen LogP contribution in [0.2, 0.25) is 0 Å². The van der Waals surface area contributed by atoms with E-state index in [9.17, 15) is 4.79 Å². The Hall–Kier alpha value is -2.25. The summed E-state index contributed by atoms with van der Waals surface area (Å²) in [5.74, 6) is -0.259. The molecule has 16 heavy (non-hydrogen) atoms. The highest BCUT2D eigenvalue weighted by molar-refractivity contribution is 5.91. The van der Waals surface area contributed by atoms with Gasteiger partial charge in [0.05, 0.1) is 18.4 Å². The highest BCUT2D eigenvalue weighted by atomic mass is 16.1. The molecule has 2 aromatic rings. The Bertz CT molecular complexity index is 460. The summed E-state index contributed by atoms with van der Waals surface area (Å²) >= 11 is 0. The fourth-order valence-electron chi connectivity index (χ4n) is 1.19. The van der Waals surface area contributed by atoms with Crippen LogP contribution in [0.4, 0.5) is 0 Å². The minimum Gasteiger partial charge on any atom is -0.349 e. The Morgan fingerprint density at radius 1 is 1.62 bits per heavy atom. The van der Waals surface area contributed by atoms with Crippen molar-refractivity contribution in [2.75, 3.05) is 6.54 Å². The van der Waals surface area contributed by atoms with Gasteiger partial charge in [-0.2, -0.15) is 15.4 Å².